The molecule has 2 aromatic heterocycles. The van der Waals surface area contributed by atoms with Crippen LogP contribution in [0.2, 0.25) is 0 Å². The number of fused-ring (bicyclic) bond motifs is 1. The van der Waals surface area contributed by atoms with Crippen LogP contribution in [0.1, 0.15) is 0 Å². The Bertz CT molecular complexity index is 1160. The zero-order chi connectivity index (χ0) is 20.3. The van der Waals surface area contributed by atoms with Crippen molar-refractivity contribution in [2.45, 2.75) is 0 Å². The Hall–Kier alpha value is -4.11. The molecular weight excluding hydrogens is 382 g/mol. The third-order valence-electron chi connectivity index (χ3n) is 4.61. The third-order valence-corrected chi connectivity index (χ3v) is 4.61. The number of anilines is 3. The maximum Gasteiger partial charge on any atom is 0.231 e. The number of aromatic nitrogens is 4. The second kappa shape index (κ2) is 7.72. The highest BCUT2D eigenvalue weighted by Gasteiger charge is 2.21. The van der Waals surface area contributed by atoms with Crippen LogP contribution in [0.3, 0.4) is 0 Å². The summed E-state index contributed by atoms with van der Waals surface area (Å²) in [4.78, 5) is 9.29. The predicted octanol–water partition coefficient (Wildman–Crippen LogP) is 3.13. The Labute approximate surface area is 172 Å². The zero-order valence-electron chi connectivity index (χ0n) is 15.9. The van der Waals surface area contributed by atoms with Crippen LogP contribution in [0.15, 0.2) is 67.0 Å². The summed E-state index contributed by atoms with van der Waals surface area (Å²) in [5, 5.41) is 7.56. The number of hydrogen-bond donors (Lipinski definition) is 3. The van der Waals surface area contributed by atoms with Crippen molar-refractivity contribution in [2.24, 2.45) is 5.84 Å². The first-order valence-corrected chi connectivity index (χ1v) is 9.42. The van der Waals surface area contributed by atoms with Gasteiger partial charge < -0.3 is 20.2 Å². The van der Waals surface area contributed by atoms with Crippen molar-refractivity contribution in [3.8, 4) is 28.4 Å². The van der Waals surface area contributed by atoms with Crippen molar-refractivity contribution in [1.29, 1.82) is 0 Å². The maximum atomic E-state index is 5.86. The first-order chi connectivity index (χ1) is 14.8. The summed E-state index contributed by atoms with van der Waals surface area (Å²) in [7, 11) is 0. The third kappa shape index (κ3) is 3.38. The number of benzene rings is 2. The summed E-state index contributed by atoms with van der Waals surface area (Å²) in [5.41, 5.74) is 5.07. The second-order valence-electron chi connectivity index (χ2n) is 6.54. The molecule has 0 unspecified atom stereocenters. The Kier molecular flexibility index (Phi) is 4.62. The van der Waals surface area contributed by atoms with E-state index in [2.05, 4.69) is 20.8 Å². The molecule has 4 N–H and O–H groups in total. The van der Waals surface area contributed by atoms with Gasteiger partial charge in [0.05, 0.1) is 5.56 Å². The number of hydrazine groups is 1. The summed E-state index contributed by atoms with van der Waals surface area (Å²) < 4.78 is 13.0. The summed E-state index contributed by atoms with van der Waals surface area (Å²) in [6.45, 7) is 1.03. The van der Waals surface area contributed by atoms with Crippen LogP contribution in [-0.2, 0) is 0 Å². The van der Waals surface area contributed by atoms with Gasteiger partial charge in [-0.1, -0.05) is 24.3 Å². The molecule has 9 nitrogen and oxygen atoms in total. The van der Waals surface area contributed by atoms with Gasteiger partial charge in [0.2, 0.25) is 5.95 Å². The van der Waals surface area contributed by atoms with Crippen molar-refractivity contribution in [2.75, 3.05) is 24.0 Å². The van der Waals surface area contributed by atoms with Gasteiger partial charge in [-0.3, -0.25) is 0 Å². The molecule has 1 aliphatic heterocycles. The molecule has 5 rings (SSSR count). The molecule has 2 aromatic carbocycles. The molecule has 30 heavy (non-hydrogen) atoms. The van der Waals surface area contributed by atoms with Crippen LogP contribution in [0.4, 0.5) is 17.5 Å². The molecule has 150 valence electrons. The van der Waals surface area contributed by atoms with Gasteiger partial charge in [-0.15, -0.1) is 0 Å². The highest BCUT2D eigenvalue weighted by Crippen LogP contribution is 2.39. The van der Waals surface area contributed by atoms with Gasteiger partial charge in [-0.05, 0) is 35.9 Å². The van der Waals surface area contributed by atoms with E-state index in [0.717, 1.165) is 11.3 Å². The van der Waals surface area contributed by atoms with Crippen LogP contribution in [-0.4, -0.2) is 33.0 Å². The van der Waals surface area contributed by atoms with Gasteiger partial charge in [-0.25, -0.2) is 10.5 Å². The smallest absolute Gasteiger partial charge is 0.231 e. The van der Waals surface area contributed by atoms with Gasteiger partial charge in [0, 0.05) is 18.1 Å². The van der Waals surface area contributed by atoms with E-state index in [1.807, 2.05) is 60.8 Å². The van der Waals surface area contributed by atoms with Gasteiger partial charge >= 0.3 is 0 Å². The zero-order valence-corrected chi connectivity index (χ0v) is 15.9. The minimum Gasteiger partial charge on any atom is -0.486 e. The molecule has 0 fully saturated rings. The normalized spacial score (nSPS) is 12.4. The molecule has 3 heterocycles. The number of hydrogen-bond acceptors (Lipinski definition) is 8. The second-order valence-corrected chi connectivity index (χ2v) is 6.54. The number of rotatable bonds is 5. The highest BCUT2D eigenvalue weighted by molar-refractivity contribution is 5.83. The van der Waals surface area contributed by atoms with E-state index < -0.39 is 0 Å². The first-order valence-electron chi connectivity index (χ1n) is 9.42. The molecule has 0 spiro atoms. The van der Waals surface area contributed by atoms with Crippen molar-refractivity contribution >= 4 is 17.5 Å². The van der Waals surface area contributed by atoms with Crippen LogP contribution in [0.5, 0.6) is 11.5 Å². The van der Waals surface area contributed by atoms with E-state index in [1.165, 1.54) is 0 Å². The van der Waals surface area contributed by atoms with Gasteiger partial charge in [-0.2, -0.15) is 15.1 Å². The molecule has 4 aromatic rings. The SMILES string of the molecule is NNc1nc(Nc2ccccc2)nc(-n2cccn2)c1-c1ccc2c(c1)OCCO2. The lowest BCUT2D eigenvalue weighted by atomic mass is 10.1. The number of nitrogen functional groups attached to an aromatic ring is 1. The fraction of sp³-hybridized carbons (Fsp3) is 0.0952. The first kappa shape index (κ1) is 18.0. The molecule has 0 atom stereocenters. The van der Waals surface area contributed by atoms with Crippen molar-refractivity contribution in [1.82, 2.24) is 19.7 Å². The topological polar surface area (TPSA) is 112 Å². The number of nitrogens with one attached hydrogen (secondary N) is 2. The quantitative estimate of drug-likeness (QED) is 0.345. The van der Waals surface area contributed by atoms with Gasteiger partial charge in [0.15, 0.2) is 23.1 Å². The number of nitrogens with zero attached hydrogens (tertiary/aromatic N) is 4. The fourth-order valence-electron chi connectivity index (χ4n) is 3.28. The molecule has 0 radical (unpaired) electrons. The minimum atomic E-state index is 0.390. The van der Waals surface area contributed by atoms with E-state index in [0.29, 0.717) is 47.9 Å². The summed E-state index contributed by atoms with van der Waals surface area (Å²) in [6.07, 6.45) is 3.51. The highest BCUT2D eigenvalue weighted by atomic mass is 16.6. The molecule has 0 saturated carbocycles. The average Bonchev–Trinajstić information content (AvgIpc) is 3.34. The summed E-state index contributed by atoms with van der Waals surface area (Å²) >= 11 is 0. The summed E-state index contributed by atoms with van der Waals surface area (Å²) in [5.74, 6) is 8.63. The molecule has 0 saturated heterocycles. The van der Waals surface area contributed by atoms with Crippen LogP contribution in [0, 0.1) is 0 Å². The lowest BCUT2D eigenvalue weighted by Gasteiger charge is -2.20. The lowest BCUT2D eigenvalue weighted by molar-refractivity contribution is 0.171. The Morgan fingerprint density at radius 1 is 0.933 bits per heavy atom. The predicted molar refractivity (Wildman–Crippen MR) is 113 cm³/mol. The Morgan fingerprint density at radius 2 is 1.77 bits per heavy atom. The van der Waals surface area contributed by atoms with E-state index in [4.69, 9.17) is 20.3 Å². The molecule has 0 amide bonds. The van der Waals surface area contributed by atoms with Crippen molar-refractivity contribution in [3.63, 3.8) is 0 Å². The number of nitrogens with two attached hydrogens (primary N) is 1. The molecular formula is C21H19N7O2. The van der Waals surface area contributed by atoms with E-state index in [-0.39, 0.29) is 0 Å². The van der Waals surface area contributed by atoms with E-state index in [9.17, 15) is 0 Å². The van der Waals surface area contributed by atoms with Crippen LogP contribution >= 0.6 is 0 Å². The maximum absolute atomic E-state index is 5.86. The van der Waals surface area contributed by atoms with Crippen LogP contribution < -0.4 is 26.1 Å². The Morgan fingerprint density at radius 3 is 2.53 bits per heavy atom. The standard InChI is InChI=1S/C21H19N7O2/c22-27-19-18(14-7-8-16-17(13-14)30-12-11-29-16)20(28-10-4-9-23-28)26-21(25-19)24-15-5-2-1-3-6-15/h1-10,13H,11-12,22H2,(H2,24,25,26,27). The van der Waals surface area contributed by atoms with E-state index >= 15 is 0 Å². The molecule has 9 heteroatoms. The average molecular weight is 401 g/mol. The van der Waals surface area contributed by atoms with Gasteiger partial charge in [0.25, 0.3) is 0 Å². The molecule has 1 aliphatic rings. The lowest BCUT2D eigenvalue weighted by Crippen LogP contribution is -2.16. The number of ether oxygens (including phenoxy) is 2. The monoisotopic (exact) mass is 401 g/mol. The van der Waals surface area contributed by atoms with Crippen molar-refractivity contribution < 1.29 is 9.47 Å². The largest absolute Gasteiger partial charge is 0.486 e. The fourth-order valence-corrected chi connectivity index (χ4v) is 3.28. The Balaban J connectivity index is 1.66. The van der Waals surface area contributed by atoms with Gasteiger partial charge in [0.1, 0.15) is 13.2 Å². The van der Waals surface area contributed by atoms with E-state index in [1.54, 1.807) is 10.9 Å². The molecule has 0 aliphatic carbocycles. The number of para-hydroxylation sites is 1. The minimum absolute atomic E-state index is 0.390. The molecule has 0 bridgehead atoms. The van der Waals surface area contributed by atoms with Crippen molar-refractivity contribution in [3.05, 3.63) is 67.0 Å². The van der Waals surface area contributed by atoms with Crippen LogP contribution in [0.25, 0.3) is 16.9 Å². The summed E-state index contributed by atoms with van der Waals surface area (Å²) in [6, 6.07) is 17.2.